The molecule has 0 aliphatic rings. The highest BCUT2D eigenvalue weighted by atomic mass is 16.5. The van der Waals surface area contributed by atoms with Crippen LogP contribution in [0.4, 0.5) is 4.79 Å². The smallest absolute Gasteiger partial charge is 0.317 e. The molecular formula is C20H26N2O2. The summed E-state index contributed by atoms with van der Waals surface area (Å²) in [7, 11) is 1.77. The summed E-state index contributed by atoms with van der Waals surface area (Å²) in [5.74, 6) is 0.815. The average Bonchev–Trinajstić information content (AvgIpc) is 2.62. The van der Waals surface area contributed by atoms with Gasteiger partial charge in [-0.1, -0.05) is 49.4 Å². The van der Waals surface area contributed by atoms with Gasteiger partial charge in [0.25, 0.3) is 0 Å². The molecule has 1 atom stereocenters. The molecule has 0 spiro atoms. The third-order valence-electron chi connectivity index (χ3n) is 4.01. The van der Waals surface area contributed by atoms with Crippen LogP contribution < -0.4 is 10.1 Å². The van der Waals surface area contributed by atoms with Gasteiger partial charge in [-0.3, -0.25) is 0 Å². The molecule has 1 N–H and O–H groups in total. The number of nitrogens with one attached hydrogen (secondary N) is 1. The second kappa shape index (κ2) is 8.96. The normalized spacial score (nSPS) is 11.6. The predicted octanol–water partition coefficient (Wildman–Crippen LogP) is 4.03. The Labute approximate surface area is 144 Å². The van der Waals surface area contributed by atoms with Crippen molar-refractivity contribution in [3.63, 3.8) is 0 Å². The van der Waals surface area contributed by atoms with Gasteiger partial charge in [0.05, 0.1) is 12.6 Å². The lowest BCUT2D eigenvalue weighted by Gasteiger charge is -2.22. The van der Waals surface area contributed by atoms with Gasteiger partial charge in [-0.15, -0.1) is 0 Å². The van der Waals surface area contributed by atoms with Crippen molar-refractivity contribution in [2.75, 3.05) is 20.2 Å². The maximum Gasteiger partial charge on any atom is 0.317 e. The molecule has 24 heavy (non-hydrogen) atoms. The number of amides is 2. The van der Waals surface area contributed by atoms with Gasteiger partial charge in [0.2, 0.25) is 0 Å². The molecule has 2 amide bonds. The van der Waals surface area contributed by atoms with Gasteiger partial charge >= 0.3 is 6.03 Å². The zero-order chi connectivity index (χ0) is 17.4. The number of benzene rings is 2. The molecule has 2 aromatic carbocycles. The minimum absolute atomic E-state index is 0.0269. The number of ether oxygens (including phenoxy) is 1. The highest BCUT2D eigenvalue weighted by molar-refractivity contribution is 5.74. The predicted molar refractivity (Wildman–Crippen MR) is 97.3 cm³/mol. The second-order valence-corrected chi connectivity index (χ2v) is 5.85. The molecule has 1 unspecified atom stereocenters. The lowest BCUT2D eigenvalue weighted by atomic mass is 10.1. The minimum Gasteiger partial charge on any atom is -0.492 e. The molecule has 0 aromatic heterocycles. The first-order valence-corrected chi connectivity index (χ1v) is 8.38. The van der Waals surface area contributed by atoms with Crippen LogP contribution in [0.2, 0.25) is 0 Å². The second-order valence-electron chi connectivity index (χ2n) is 5.85. The summed E-state index contributed by atoms with van der Waals surface area (Å²) >= 11 is 0. The van der Waals surface area contributed by atoms with Gasteiger partial charge < -0.3 is 15.0 Å². The van der Waals surface area contributed by atoms with Crippen molar-refractivity contribution >= 4 is 6.03 Å². The Morgan fingerprint density at radius 3 is 2.42 bits per heavy atom. The summed E-state index contributed by atoms with van der Waals surface area (Å²) in [6.45, 7) is 5.12. The number of para-hydroxylation sites is 1. The SMILES string of the molecule is CCc1ccc(C(C)NC(=O)N(C)CCOc2ccccc2)cc1. The van der Waals surface area contributed by atoms with E-state index in [4.69, 9.17) is 4.74 Å². The molecule has 0 aliphatic carbocycles. The molecule has 0 fully saturated rings. The molecule has 0 saturated carbocycles. The van der Waals surface area contributed by atoms with E-state index >= 15 is 0 Å². The standard InChI is InChI=1S/C20H26N2O2/c1-4-17-10-12-18(13-11-17)16(2)21-20(23)22(3)14-15-24-19-8-6-5-7-9-19/h5-13,16H,4,14-15H2,1-3H3,(H,21,23). The Morgan fingerprint density at radius 2 is 1.79 bits per heavy atom. The zero-order valence-electron chi connectivity index (χ0n) is 14.7. The summed E-state index contributed by atoms with van der Waals surface area (Å²) in [6, 6.07) is 17.8. The lowest BCUT2D eigenvalue weighted by molar-refractivity contribution is 0.192. The van der Waals surface area contributed by atoms with Crippen molar-refractivity contribution in [3.8, 4) is 5.75 Å². The quantitative estimate of drug-likeness (QED) is 0.834. The van der Waals surface area contributed by atoms with E-state index in [1.54, 1.807) is 11.9 Å². The van der Waals surface area contributed by atoms with Crippen molar-refractivity contribution in [2.45, 2.75) is 26.3 Å². The van der Waals surface area contributed by atoms with Crippen LogP contribution in [0.25, 0.3) is 0 Å². The topological polar surface area (TPSA) is 41.6 Å². The van der Waals surface area contributed by atoms with E-state index in [1.807, 2.05) is 37.3 Å². The largest absolute Gasteiger partial charge is 0.492 e. The number of carbonyl (C=O) groups is 1. The Hall–Kier alpha value is -2.49. The molecule has 4 heteroatoms. The van der Waals surface area contributed by atoms with E-state index in [9.17, 15) is 4.79 Å². The Balaban J connectivity index is 1.77. The van der Waals surface area contributed by atoms with Crippen molar-refractivity contribution in [3.05, 3.63) is 65.7 Å². The van der Waals surface area contributed by atoms with Crippen molar-refractivity contribution in [1.29, 1.82) is 0 Å². The highest BCUT2D eigenvalue weighted by Crippen LogP contribution is 2.14. The van der Waals surface area contributed by atoms with Gasteiger partial charge in [-0.05, 0) is 36.6 Å². The van der Waals surface area contributed by atoms with E-state index in [1.165, 1.54) is 5.56 Å². The Morgan fingerprint density at radius 1 is 1.12 bits per heavy atom. The number of carbonyl (C=O) groups excluding carboxylic acids is 1. The number of hydrogen-bond donors (Lipinski definition) is 1. The van der Waals surface area contributed by atoms with Gasteiger partial charge in [0.1, 0.15) is 12.4 Å². The van der Waals surface area contributed by atoms with Crippen molar-refractivity contribution in [1.82, 2.24) is 10.2 Å². The highest BCUT2D eigenvalue weighted by Gasteiger charge is 2.13. The summed E-state index contributed by atoms with van der Waals surface area (Å²) < 4.78 is 5.62. The fraction of sp³-hybridized carbons (Fsp3) is 0.350. The summed E-state index contributed by atoms with van der Waals surface area (Å²) in [6.07, 6.45) is 1.02. The molecule has 2 rings (SSSR count). The molecule has 0 aliphatic heterocycles. The van der Waals surface area contributed by atoms with E-state index in [0.29, 0.717) is 13.2 Å². The summed E-state index contributed by atoms with van der Waals surface area (Å²) in [5.41, 5.74) is 2.40. The van der Waals surface area contributed by atoms with Crippen LogP contribution in [0.15, 0.2) is 54.6 Å². The van der Waals surface area contributed by atoms with Gasteiger partial charge in [0, 0.05) is 7.05 Å². The summed E-state index contributed by atoms with van der Waals surface area (Å²) in [5, 5.41) is 3.01. The Bertz CT molecular complexity index is 626. The molecule has 0 saturated heterocycles. The first kappa shape index (κ1) is 17.9. The minimum atomic E-state index is -0.0984. The fourth-order valence-electron chi connectivity index (χ4n) is 2.34. The number of aryl methyl sites for hydroxylation is 1. The summed E-state index contributed by atoms with van der Waals surface area (Å²) in [4.78, 5) is 13.9. The van der Waals surface area contributed by atoms with Crippen molar-refractivity contribution in [2.24, 2.45) is 0 Å². The molecule has 128 valence electrons. The number of rotatable bonds is 7. The van der Waals surface area contributed by atoms with E-state index in [0.717, 1.165) is 17.7 Å². The number of urea groups is 1. The van der Waals surface area contributed by atoms with Crippen LogP contribution in [0.1, 0.15) is 31.0 Å². The number of nitrogens with zero attached hydrogens (tertiary/aromatic N) is 1. The van der Waals surface area contributed by atoms with E-state index < -0.39 is 0 Å². The Kier molecular flexibility index (Phi) is 6.67. The van der Waals surface area contributed by atoms with Gasteiger partial charge in [-0.25, -0.2) is 4.79 Å². The maximum atomic E-state index is 12.3. The maximum absolute atomic E-state index is 12.3. The first-order chi connectivity index (χ1) is 11.6. The van der Waals surface area contributed by atoms with Crippen LogP contribution in [0, 0.1) is 0 Å². The van der Waals surface area contributed by atoms with Crippen LogP contribution >= 0.6 is 0 Å². The lowest BCUT2D eigenvalue weighted by Crippen LogP contribution is -2.40. The first-order valence-electron chi connectivity index (χ1n) is 8.38. The molecule has 4 nitrogen and oxygen atoms in total. The van der Waals surface area contributed by atoms with Crippen LogP contribution in [-0.2, 0) is 6.42 Å². The van der Waals surface area contributed by atoms with Crippen molar-refractivity contribution < 1.29 is 9.53 Å². The molecule has 2 aromatic rings. The average molecular weight is 326 g/mol. The number of likely N-dealkylation sites (N-methyl/N-ethyl adjacent to an activating group) is 1. The van der Waals surface area contributed by atoms with E-state index in [2.05, 4.69) is 36.5 Å². The van der Waals surface area contributed by atoms with Gasteiger partial charge in [-0.2, -0.15) is 0 Å². The van der Waals surface area contributed by atoms with E-state index in [-0.39, 0.29) is 12.1 Å². The third kappa shape index (κ3) is 5.30. The molecule has 0 radical (unpaired) electrons. The third-order valence-corrected chi connectivity index (χ3v) is 4.01. The monoisotopic (exact) mass is 326 g/mol. The van der Waals surface area contributed by atoms with Crippen LogP contribution in [0.5, 0.6) is 5.75 Å². The van der Waals surface area contributed by atoms with Gasteiger partial charge in [0.15, 0.2) is 0 Å². The van der Waals surface area contributed by atoms with Crippen LogP contribution in [0.3, 0.4) is 0 Å². The molecule has 0 bridgehead atoms. The molecule has 0 heterocycles. The zero-order valence-corrected chi connectivity index (χ0v) is 14.7. The fourth-order valence-corrected chi connectivity index (χ4v) is 2.34. The van der Waals surface area contributed by atoms with Crippen LogP contribution in [-0.4, -0.2) is 31.1 Å². The number of hydrogen-bond acceptors (Lipinski definition) is 2. The molecular weight excluding hydrogens is 300 g/mol.